The summed E-state index contributed by atoms with van der Waals surface area (Å²) in [6.07, 6.45) is 62.1. The summed E-state index contributed by atoms with van der Waals surface area (Å²) < 4.78 is 90.8. The Labute approximate surface area is 569 Å². The zero-order valence-electron chi connectivity index (χ0n) is 55.4. The Kier molecular flexibility index (Phi) is 55.8. The van der Waals surface area contributed by atoms with E-state index in [0.717, 1.165) is 139 Å². The van der Waals surface area contributed by atoms with E-state index in [0.29, 0.717) is 25.7 Å². The van der Waals surface area contributed by atoms with E-state index in [4.69, 9.17) is 18.9 Å². The first-order valence-electron chi connectivity index (χ1n) is 33.9. The second kappa shape index (κ2) is 58.2. The minimum absolute atomic E-state index is 0. The first kappa shape index (κ1) is 85.4. The number of carbonyl (C=O) groups excluding carboxylic acids is 4. The second-order valence-corrected chi connectivity index (χ2v) is 25.8. The third-order valence-corrected chi connectivity index (χ3v) is 17.0. The van der Waals surface area contributed by atoms with Crippen molar-refractivity contribution in [1.82, 2.24) is 0 Å². The molecule has 0 amide bonds. The van der Waals surface area contributed by atoms with Gasteiger partial charge in [0.2, 0.25) is 0 Å². The third kappa shape index (κ3) is 47.0. The summed E-state index contributed by atoms with van der Waals surface area (Å²) >= 11 is 0. The number of hydrogen-bond donors (Lipinski definition) is 0. The standard InChI is InChI=1S/2C36H58O7S.Ca/c2*1-3-5-7-9-11-13-15-17-19-21-23-25-29-42-35(37)33-28-27-32(44(39,40)41)31-34(33)36(38)43-30-26-24-22-20-18-16-14-12-10-8-6-4-2;/h2*3-6,27-28,31H,7-26,29-30H2,1-2H3,(H,39,40,41);/q;;+2/p-2/b2*5-3+,6-4+;. The molecule has 17 heteroatoms. The van der Waals surface area contributed by atoms with Crippen LogP contribution in [0.4, 0.5) is 0 Å². The van der Waals surface area contributed by atoms with Gasteiger partial charge in [0, 0.05) is 0 Å². The number of ether oxygens (including phenoxy) is 4. The van der Waals surface area contributed by atoms with Crippen LogP contribution in [-0.4, -0.2) is 114 Å². The van der Waals surface area contributed by atoms with Crippen LogP contribution in [-0.2, 0) is 39.2 Å². The van der Waals surface area contributed by atoms with E-state index in [2.05, 4.69) is 62.5 Å². The zero-order chi connectivity index (χ0) is 64.6. The molecule has 0 fully saturated rings. The van der Waals surface area contributed by atoms with Crippen LogP contribution in [0.5, 0.6) is 0 Å². The molecule has 2 rings (SSSR count). The van der Waals surface area contributed by atoms with Gasteiger partial charge in [0.1, 0.15) is 20.2 Å². The first-order valence-corrected chi connectivity index (χ1v) is 36.8. The Morgan fingerprint density at radius 3 is 0.674 bits per heavy atom. The van der Waals surface area contributed by atoms with Gasteiger partial charge in [0.15, 0.2) is 0 Å². The molecule has 2 aromatic rings. The molecule has 0 N–H and O–H groups in total. The molecule has 0 atom stereocenters. The summed E-state index contributed by atoms with van der Waals surface area (Å²) in [6, 6.07) is 6.20. The molecule has 500 valence electrons. The summed E-state index contributed by atoms with van der Waals surface area (Å²) in [5, 5.41) is 0. The van der Waals surface area contributed by atoms with Gasteiger partial charge in [-0.15, -0.1) is 0 Å². The van der Waals surface area contributed by atoms with Crippen molar-refractivity contribution in [2.24, 2.45) is 0 Å². The molecule has 0 aromatic heterocycles. The fraction of sp³-hybridized carbons (Fsp3) is 0.667. The molecule has 0 saturated heterocycles. The largest absolute Gasteiger partial charge is 2.00 e. The van der Waals surface area contributed by atoms with Crippen molar-refractivity contribution in [1.29, 1.82) is 0 Å². The van der Waals surface area contributed by atoms with Crippen molar-refractivity contribution in [2.75, 3.05) is 26.4 Å². The number of hydrogen-bond acceptors (Lipinski definition) is 14. The summed E-state index contributed by atoms with van der Waals surface area (Å²) in [5.41, 5.74) is -0.704. The van der Waals surface area contributed by atoms with Crippen LogP contribution in [0.3, 0.4) is 0 Å². The van der Waals surface area contributed by atoms with E-state index in [1.54, 1.807) is 0 Å². The molecular formula is C72H114CaO14S2. The number of benzene rings is 2. The smallest absolute Gasteiger partial charge is 0.744 e. The van der Waals surface area contributed by atoms with Crippen LogP contribution in [0.15, 0.2) is 94.8 Å². The van der Waals surface area contributed by atoms with E-state index >= 15 is 0 Å². The SMILES string of the molecule is C/C=C/CCCCCCCCCCCOC(=O)c1ccc(S(=O)(=O)[O-])cc1C(=O)OCCCCCCCCCCC/C=C/C.C/C=C/CCCCCCCCCCCOC(=O)c1ccc(S(=O)(=O)[O-])cc1C(=O)OCCCCCCCCCCC/C=C/C.[Ca+2]. The Bertz CT molecular complexity index is 2330. The van der Waals surface area contributed by atoms with Crippen molar-refractivity contribution in [3.63, 3.8) is 0 Å². The molecular weight excluding hydrogens is 1190 g/mol. The van der Waals surface area contributed by atoms with Crippen molar-refractivity contribution in [3.8, 4) is 0 Å². The number of carbonyl (C=O) groups is 4. The van der Waals surface area contributed by atoms with Crippen LogP contribution >= 0.6 is 0 Å². The summed E-state index contributed by atoms with van der Waals surface area (Å²) in [5.74, 6) is -3.12. The Morgan fingerprint density at radius 2 is 0.483 bits per heavy atom. The average molecular weight is 1310 g/mol. The molecule has 0 aliphatic heterocycles. The minimum atomic E-state index is -4.81. The van der Waals surface area contributed by atoms with Crippen LogP contribution < -0.4 is 0 Å². The fourth-order valence-corrected chi connectivity index (χ4v) is 11.1. The molecule has 0 saturated carbocycles. The second-order valence-electron chi connectivity index (χ2n) is 23.0. The van der Waals surface area contributed by atoms with Crippen molar-refractivity contribution >= 4 is 81.9 Å². The van der Waals surface area contributed by atoms with Crippen molar-refractivity contribution < 1.29 is 64.1 Å². The van der Waals surface area contributed by atoms with Gasteiger partial charge in [-0.3, -0.25) is 0 Å². The number of rotatable bonds is 54. The van der Waals surface area contributed by atoms with Gasteiger partial charge >= 0.3 is 61.6 Å². The van der Waals surface area contributed by atoms with Gasteiger partial charge in [-0.2, -0.15) is 0 Å². The molecule has 2 aromatic carbocycles. The molecule has 0 radical (unpaired) electrons. The van der Waals surface area contributed by atoms with Crippen LogP contribution in [0, 0.1) is 0 Å². The van der Waals surface area contributed by atoms with Crippen LogP contribution in [0.25, 0.3) is 0 Å². The molecule has 0 unspecified atom stereocenters. The number of allylic oxidation sites excluding steroid dienone is 8. The number of unbranched alkanes of at least 4 members (excludes halogenated alkanes) is 36. The third-order valence-electron chi connectivity index (χ3n) is 15.4. The predicted molar refractivity (Wildman–Crippen MR) is 360 cm³/mol. The van der Waals surface area contributed by atoms with E-state index in [1.165, 1.54) is 128 Å². The molecule has 0 bridgehead atoms. The van der Waals surface area contributed by atoms with Gasteiger partial charge < -0.3 is 28.1 Å². The monoisotopic (exact) mass is 1310 g/mol. The van der Waals surface area contributed by atoms with E-state index < -0.39 is 53.9 Å². The van der Waals surface area contributed by atoms with Crippen LogP contribution in [0.1, 0.15) is 326 Å². The maximum atomic E-state index is 12.8. The van der Waals surface area contributed by atoms with Crippen LogP contribution in [0.2, 0.25) is 0 Å². The first-order chi connectivity index (χ1) is 42.6. The van der Waals surface area contributed by atoms with Gasteiger partial charge in [0.25, 0.3) is 0 Å². The fourth-order valence-electron chi connectivity index (χ4n) is 10.1. The molecule has 0 aliphatic rings. The zero-order valence-corrected chi connectivity index (χ0v) is 59.3. The average Bonchev–Trinajstić information content (AvgIpc) is 3.12. The summed E-state index contributed by atoms with van der Waals surface area (Å²) in [6.45, 7) is 8.92. The van der Waals surface area contributed by atoms with E-state index in [-0.39, 0.29) is 86.4 Å². The van der Waals surface area contributed by atoms with Gasteiger partial charge in [-0.25, -0.2) is 36.0 Å². The van der Waals surface area contributed by atoms with E-state index in [9.17, 15) is 45.1 Å². The molecule has 89 heavy (non-hydrogen) atoms. The Morgan fingerprint density at radius 1 is 0.303 bits per heavy atom. The molecule has 0 heterocycles. The maximum Gasteiger partial charge on any atom is 2.00 e. The summed E-state index contributed by atoms with van der Waals surface area (Å²) in [4.78, 5) is 50.0. The molecule has 14 nitrogen and oxygen atoms in total. The van der Waals surface area contributed by atoms with Gasteiger partial charge in [0.05, 0.1) is 58.5 Å². The van der Waals surface area contributed by atoms with Crippen molar-refractivity contribution in [2.45, 2.75) is 294 Å². The molecule has 0 aliphatic carbocycles. The van der Waals surface area contributed by atoms with Crippen molar-refractivity contribution in [3.05, 3.63) is 107 Å². The topological polar surface area (TPSA) is 220 Å². The maximum absolute atomic E-state index is 12.8. The number of esters is 4. The minimum Gasteiger partial charge on any atom is -0.744 e. The summed E-state index contributed by atoms with van der Waals surface area (Å²) in [7, 11) is -9.61. The van der Waals surface area contributed by atoms with Gasteiger partial charge in [-0.1, -0.05) is 228 Å². The quantitative estimate of drug-likeness (QED) is 0.0150. The Hall–Kier alpha value is -3.64. The molecule has 0 spiro atoms. The normalized spacial score (nSPS) is 11.8. The van der Waals surface area contributed by atoms with Gasteiger partial charge in [-0.05, 0) is 141 Å². The predicted octanol–water partition coefficient (Wildman–Crippen LogP) is 19.3. The van der Waals surface area contributed by atoms with E-state index in [1.807, 2.05) is 13.8 Å². The Balaban J connectivity index is 0.00000172.